The molecule has 2 N–H and O–H groups in total. The summed E-state index contributed by atoms with van der Waals surface area (Å²) >= 11 is 0. The molecule has 0 amide bonds. The van der Waals surface area contributed by atoms with E-state index in [4.69, 9.17) is 4.74 Å². The highest BCUT2D eigenvalue weighted by molar-refractivity contribution is 5.68. The molecule has 1 aromatic carbocycles. The molecule has 0 fully saturated rings. The minimum Gasteiger partial charge on any atom is -0.496 e. The number of benzene rings is 1. The van der Waals surface area contributed by atoms with Gasteiger partial charge in [-0.3, -0.25) is 0 Å². The molecule has 0 atom stereocenters. The number of hydrogen-bond donors (Lipinski definition) is 2. The number of ether oxygens (including phenoxy) is 1. The highest BCUT2D eigenvalue weighted by Crippen LogP contribution is 2.29. The van der Waals surface area contributed by atoms with Crippen LogP contribution in [0.4, 0.5) is 5.95 Å². The Morgan fingerprint density at radius 1 is 1.38 bits per heavy atom. The van der Waals surface area contributed by atoms with Gasteiger partial charge in [-0.15, -0.1) is 0 Å². The lowest BCUT2D eigenvalue weighted by atomic mass is 10.1. The molecule has 0 aliphatic rings. The Bertz CT molecular complexity index is 491. The van der Waals surface area contributed by atoms with Gasteiger partial charge < -0.3 is 15.0 Å². The summed E-state index contributed by atoms with van der Waals surface area (Å²) in [7, 11) is 3.50. The lowest BCUT2D eigenvalue weighted by Gasteiger charge is -2.07. The summed E-state index contributed by atoms with van der Waals surface area (Å²) in [6.45, 7) is 2.05. The summed E-state index contributed by atoms with van der Waals surface area (Å²) in [6.07, 6.45) is 1.79. The second-order valence-electron chi connectivity index (χ2n) is 3.60. The number of rotatable bonds is 3. The van der Waals surface area contributed by atoms with Gasteiger partial charge in [-0.1, -0.05) is 11.6 Å². The fourth-order valence-corrected chi connectivity index (χ4v) is 1.62. The van der Waals surface area contributed by atoms with Crippen LogP contribution in [0.25, 0.3) is 11.3 Å². The molecule has 0 unspecified atom stereocenters. The number of nitrogens with zero attached hydrogens (tertiary/aromatic N) is 1. The zero-order valence-electron chi connectivity index (χ0n) is 9.66. The van der Waals surface area contributed by atoms with Crippen LogP contribution in [0.3, 0.4) is 0 Å². The van der Waals surface area contributed by atoms with Crippen LogP contribution < -0.4 is 10.1 Å². The Morgan fingerprint density at radius 2 is 2.19 bits per heavy atom. The monoisotopic (exact) mass is 217 g/mol. The van der Waals surface area contributed by atoms with Crippen LogP contribution in [0.2, 0.25) is 0 Å². The van der Waals surface area contributed by atoms with Crippen molar-refractivity contribution >= 4 is 5.95 Å². The molecule has 0 radical (unpaired) electrons. The van der Waals surface area contributed by atoms with E-state index in [1.165, 1.54) is 5.56 Å². The second-order valence-corrected chi connectivity index (χ2v) is 3.60. The van der Waals surface area contributed by atoms with Crippen molar-refractivity contribution in [1.29, 1.82) is 0 Å². The molecule has 2 rings (SSSR count). The minimum atomic E-state index is 0.749. The van der Waals surface area contributed by atoms with E-state index >= 15 is 0 Å². The zero-order valence-corrected chi connectivity index (χ0v) is 9.66. The average Bonchev–Trinajstić information content (AvgIpc) is 2.77. The van der Waals surface area contributed by atoms with Gasteiger partial charge in [0.15, 0.2) is 5.95 Å². The van der Waals surface area contributed by atoms with E-state index in [1.807, 2.05) is 19.2 Å². The van der Waals surface area contributed by atoms with Crippen molar-refractivity contribution < 1.29 is 4.74 Å². The van der Waals surface area contributed by atoms with Gasteiger partial charge in [0.25, 0.3) is 0 Å². The number of H-pyrrole nitrogens is 1. The molecule has 0 aliphatic carbocycles. The van der Waals surface area contributed by atoms with Gasteiger partial charge in [0.05, 0.1) is 19.0 Å². The molecule has 0 bridgehead atoms. The number of anilines is 1. The molecule has 0 spiro atoms. The van der Waals surface area contributed by atoms with Crippen LogP contribution in [0, 0.1) is 6.92 Å². The molecule has 1 heterocycles. The van der Waals surface area contributed by atoms with Gasteiger partial charge in [-0.25, -0.2) is 4.98 Å². The third kappa shape index (κ3) is 1.86. The summed E-state index contributed by atoms with van der Waals surface area (Å²) in [5, 5.41) is 2.96. The first-order valence-electron chi connectivity index (χ1n) is 5.12. The number of aromatic nitrogens is 2. The van der Waals surface area contributed by atoms with Crippen molar-refractivity contribution in [2.24, 2.45) is 0 Å². The van der Waals surface area contributed by atoms with E-state index < -0.39 is 0 Å². The first-order valence-corrected chi connectivity index (χ1v) is 5.12. The molecule has 4 nitrogen and oxygen atoms in total. The van der Waals surface area contributed by atoms with Crippen molar-refractivity contribution in [1.82, 2.24) is 9.97 Å². The van der Waals surface area contributed by atoms with Crippen LogP contribution in [0.1, 0.15) is 5.56 Å². The second kappa shape index (κ2) is 4.26. The van der Waals surface area contributed by atoms with Crippen LogP contribution in [-0.4, -0.2) is 24.1 Å². The van der Waals surface area contributed by atoms with E-state index in [-0.39, 0.29) is 0 Å². The highest BCUT2D eigenvalue weighted by atomic mass is 16.5. The number of aryl methyl sites for hydroxylation is 1. The number of imidazole rings is 1. The summed E-state index contributed by atoms with van der Waals surface area (Å²) in [5.74, 6) is 1.59. The molecule has 0 aliphatic heterocycles. The third-order valence-corrected chi connectivity index (χ3v) is 2.46. The standard InChI is InChI=1S/C12H15N3O/c1-8-4-5-11(16-3)9(6-8)10-7-14-12(13-2)15-10/h4-7H,1-3H3,(H2,13,14,15). The Balaban J connectivity index is 2.49. The van der Waals surface area contributed by atoms with Crippen molar-refractivity contribution in [3.63, 3.8) is 0 Å². The summed E-state index contributed by atoms with van der Waals surface area (Å²) in [4.78, 5) is 7.37. The van der Waals surface area contributed by atoms with Gasteiger partial charge in [0.2, 0.25) is 0 Å². The van der Waals surface area contributed by atoms with Crippen molar-refractivity contribution in [3.8, 4) is 17.0 Å². The van der Waals surface area contributed by atoms with E-state index in [1.54, 1.807) is 13.3 Å². The van der Waals surface area contributed by atoms with Gasteiger partial charge in [0, 0.05) is 12.6 Å². The number of aromatic amines is 1. The number of hydrogen-bond acceptors (Lipinski definition) is 3. The van der Waals surface area contributed by atoms with Gasteiger partial charge in [-0.2, -0.15) is 0 Å². The Hall–Kier alpha value is -1.97. The Labute approximate surface area is 94.7 Å². The number of nitrogens with one attached hydrogen (secondary N) is 2. The van der Waals surface area contributed by atoms with Gasteiger partial charge in [0.1, 0.15) is 5.75 Å². The first-order chi connectivity index (χ1) is 7.74. The lowest BCUT2D eigenvalue weighted by molar-refractivity contribution is 0.416. The molecule has 0 saturated heterocycles. The predicted octanol–water partition coefficient (Wildman–Crippen LogP) is 2.44. The largest absolute Gasteiger partial charge is 0.496 e. The van der Waals surface area contributed by atoms with Crippen molar-refractivity contribution in [2.75, 3.05) is 19.5 Å². The topological polar surface area (TPSA) is 49.9 Å². The zero-order chi connectivity index (χ0) is 11.5. The van der Waals surface area contributed by atoms with E-state index in [0.717, 1.165) is 23.0 Å². The van der Waals surface area contributed by atoms with E-state index in [2.05, 4.69) is 28.3 Å². The van der Waals surface area contributed by atoms with Crippen LogP contribution in [-0.2, 0) is 0 Å². The maximum Gasteiger partial charge on any atom is 0.200 e. The fourth-order valence-electron chi connectivity index (χ4n) is 1.62. The molecular formula is C12H15N3O. The van der Waals surface area contributed by atoms with Crippen molar-refractivity contribution in [3.05, 3.63) is 30.0 Å². The van der Waals surface area contributed by atoms with Crippen molar-refractivity contribution in [2.45, 2.75) is 6.92 Å². The fraction of sp³-hybridized carbons (Fsp3) is 0.250. The van der Waals surface area contributed by atoms with Crippen LogP contribution >= 0.6 is 0 Å². The summed E-state index contributed by atoms with van der Waals surface area (Å²) in [6, 6.07) is 6.06. The molecule has 4 heteroatoms. The first kappa shape index (κ1) is 10.5. The molecule has 0 saturated carbocycles. The minimum absolute atomic E-state index is 0.749. The Morgan fingerprint density at radius 3 is 2.81 bits per heavy atom. The average molecular weight is 217 g/mol. The molecule has 16 heavy (non-hydrogen) atoms. The lowest BCUT2D eigenvalue weighted by Crippen LogP contribution is -1.91. The number of methoxy groups -OCH3 is 1. The van der Waals surface area contributed by atoms with E-state index in [9.17, 15) is 0 Å². The summed E-state index contributed by atoms with van der Waals surface area (Å²) in [5.41, 5.74) is 3.16. The quantitative estimate of drug-likeness (QED) is 0.830. The molecule has 2 aromatic rings. The molecule has 84 valence electrons. The van der Waals surface area contributed by atoms with Gasteiger partial charge in [-0.05, 0) is 19.1 Å². The SMILES string of the molecule is CNc1ncc(-c2cc(C)ccc2OC)[nH]1. The molecular weight excluding hydrogens is 202 g/mol. The highest BCUT2D eigenvalue weighted by Gasteiger charge is 2.08. The normalized spacial score (nSPS) is 10.2. The third-order valence-electron chi connectivity index (χ3n) is 2.46. The molecule has 1 aromatic heterocycles. The smallest absolute Gasteiger partial charge is 0.200 e. The van der Waals surface area contributed by atoms with Gasteiger partial charge >= 0.3 is 0 Å². The predicted molar refractivity (Wildman–Crippen MR) is 64.9 cm³/mol. The van der Waals surface area contributed by atoms with Crippen LogP contribution in [0.15, 0.2) is 24.4 Å². The maximum atomic E-state index is 5.33. The Kier molecular flexibility index (Phi) is 2.81. The summed E-state index contributed by atoms with van der Waals surface area (Å²) < 4.78 is 5.33. The maximum absolute atomic E-state index is 5.33. The van der Waals surface area contributed by atoms with E-state index in [0.29, 0.717) is 0 Å². The van der Waals surface area contributed by atoms with Crippen LogP contribution in [0.5, 0.6) is 5.75 Å².